The monoisotopic (exact) mass is 479 g/mol. The highest BCUT2D eigenvalue weighted by Crippen LogP contribution is 2.34. The van der Waals surface area contributed by atoms with Gasteiger partial charge in [-0.05, 0) is 36.8 Å². The molecule has 10 nitrogen and oxygen atoms in total. The summed E-state index contributed by atoms with van der Waals surface area (Å²) in [4.78, 5) is 43.1. The lowest BCUT2D eigenvalue weighted by Crippen LogP contribution is -2.38. The number of nitrogens with zero attached hydrogens (tertiary/aromatic N) is 2. The van der Waals surface area contributed by atoms with Crippen molar-refractivity contribution in [3.05, 3.63) is 65.9 Å². The molecule has 0 atom stereocenters. The molecule has 1 aromatic heterocycles. The van der Waals surface area contributed by atoms with Gasteiger partial charge in [-0.25, -0.2) is 4.98 Å². The molecule has 2 amide bonds. The first kappa shape index (κ1) is 23.8. The van der Waals surface area contributed by atoms with Crippen LogP contribution in [0.25, 0.3) is 0 Å². The van der Waals surface area contributed by atoms with E-state index in [1.165, 1.54) is 11.2 Å². The molecular formula is C25H25N3O7. The minimum atomic E-state index is -0.348. The molecule has 1 aliphatic rings. The summed E-state index contributed by atoms with van der Waals surface area (Å²) in [7, 11) is 1.55. The van der Waals surface area contributed by atoms with Crippen LogP contribution in [0.4, 0.5) is 5.69 Å². The van der Waals surface area contributed by atoms with Crippen molar-refractivity contribution in [2.24, 2.45) is 0 Å². The van der Waals surface area contributed by atoms with Gasteiger partial charge < -0.3 is 23.9 Å². The van der Waals surface area contributed by atoms with Crippen molar-refractivity contribution in [3.8, 4) is 17.2 Å². The molecule has 0 spiro atoms. The van der Waals surface area contributed by atoms with Crippen LogP contribution in [0.15, 0.2) is 53.1 Å². The Bertz CT molecular complexity index is 1240. The van der Waals surface area contributed by atoms with Crippen LogP contribution in [-0.4, -0.2) is 49.4 Å². The van der Waals surface area contributed by atoms with Crippen LogP contribution >= 0.6 is 0 Å². The summed E-state index contributed by atoms with van der Waals surface area (Å²) in [5.74, 6) is 0.795. The number of benzene rings is 2. The van der Waals surface area contributed by atoms with Crippen LogP contribution < -0.4 is 24.4 Å². The second kappa shape index (κ2) is 10.7. The number of ether oxygens (including phenoxy) is 3. The third kappa shape index (κ3) is 5.60. The van der Waals surface area contributed by atoms with Gasteiger partial charge in [-0.3, -0.25) is 19.3 Å². The van der Waals surface area contributed by atoms with Gasteiger partial charge in [0, 0.05) is 18.2 Å². The molecule has 1 N–H and O–H groups in total. The predicted octanol–water partition coefficient (Wildman–Crippen LogP) is 3.01. The molecule has 0 fully saturated rings. The summed E-state index contributed by atoms with van der Waals surface area (Å²) < 4.78 is 21.7. The van der Waals surface area contributed by atoms with Crippen LogP contribution in [0.5, 0.6) is 17.2 Å². The molecule has 4 rings (SSSR count). The average Bonchev–Trinajstić information content (AvgIpc) is 3.36. The van der Waals surface area contributed by atoms with Crippen LogP contribution in [0.3, 0.4) is 0 Å². The number of carbonyl (C=O) groups is 3. The van der Waals surface area contributed by atoms with E-state index in [4.69, 9.17) is 18.6 Å². The maximum atomic E-state index is 12.8. The van der Waals surface area contributed by atoms with E-state index in [9.17, 15) is 14.4 Å². The molecule has 0 saturated carbocycles. The molecule has 10 heteroatoms. The van der Waals surface area contributed by atoms with Crippen molar-refractivity contribution in [2.45, 2.75) is 19.9 Å². The van der Waals surface area contributed by atoms with Gasteiger partial charge in [0.05, 0.1) is 12.8 Å². The van der Waals surface area contributed by atoms with Gasteiger partial charge >= 0.3 is 0 Å². The fourth-order valence-corrected chi connectivity index (χ4v) is 3.42. The maximum Gasteiger partial charge on any atom is 0.273 e. The van der Waals surface area contributed by atoms with Crippen molar-refractivity contribution in [3.63, 3.8) is 0 Å². The molecule has 0 bridgehead atoms. The molecule has 0 radical (unpaired) electrons. The second-order valence-corrected chi connectivity index (χ2v) is 7.72. The Kier molecular flexibility index (Phi) is 7.30. The van der Waals surface area contributed by atoms with Gasteiger partial charge in [-0.1, -0.05) is 13.0 Å². The zero-order valence-corrected chi connectivity index (χ0v) is 19.4. The predicted molar refractivity (Wildman–Crippen MR) is 125 cm³/mol. The van der Waals surface area contributed by atoms with Crippen LogP contribution in [0.2, 0.25) is 0 Å². The van der Waals surface area contributed by atoms with Crippen molar-refractivity contribution in [2.75, 3.05) is 31.8 Å². The van der Waals surface area contributed by atoms with Gasteiger partial charge in [0.1, 0.15) is 30.1 Å². The Morgan fingerprint density at radius 2 is 2.00 bits per heavy atom. The van der Waals surface area contributed by atoms with Gasteiger partial charge in [0.15, 0.2) is 24.7 Å². The third-order valence-corrected chi connectivity index (χ3v) is 5.25. The van der Waals surface area contributed by atoms with Gasteiger partial charge in [0.25, 0.3) is 11.8 Å². The quantitative estimate of drug-likeness (QED) is 0.441. The molecule has 1 aliphatic heterocycles. The van der Waals surface area contributed by atoms with Crippen LogP contribution in [-0.2, 0) is 11.3 Å². The number of aromatic nitrogens is 1. The summed E-state index contributed by atoms with van der Waals surface area (Å²) in [6.45, 7) is 2.09. The Labute approximate surface area is 201 Å². The molecule has 0 saturated heterocycles. The van der Waals surface area contributed by atoms with Crippen molar-refractivity contribution < 1.29 is 33.0 Å². The van der Waals surface area contributed by atoms with Crippen LogP contribution in [0.1, 0.15) is 40.1 Å². The van der Waals surface area contributed by atoms with Crippen molar-refractivity contribution in [1.82, 2.24) is 10.3 Å². The summed E-state index contributed by atoms with van der Waals surface area (Å²) >= 11 is 0. The van der Waals surface area contributed by atoms with Gasteiger partial charge in [-0.2, -0.15) is 0 Å². The Morgan fingerprint density at radius 3 is 2.80 bits per heavy atom. The highest BCUT2D eigenvalue weighted by Gasteiger charge is 2.28. The van der Waals surface area contributed by atoms with Crippen LogP contribution in [0, 0.1) is 0 Å². The summed E-state index contributed by atoms with van der Waals surface area (Å²) in [5, 5.41) is 2.72. The fourth-order valence-electron chi connectivity index (χ4n) is 3.42. The zero-order valence-electron chi connectivity index (χ0n) is 19.4. The SMILES string of the molecule is CCCNC(=O)c1coc(CN2C(=O)COc3ccc(C(=O)COc4cccc(OC)c4)cc32)n1. The number of rotatable bonds is 10. The lowest BCUT2D eigenvalue weighted by Gasteiger charge is -2.28. The number of carbonyl (C=O) groups excluding carboxylic acids is 3. The standard InChI is InChI=1S/C25H25N3O7/c1-3-9-26-25(31)19-13-35-23(27-19)12-28-20-10-16(7-8-22(20)34-15-24(28)30)21(29)14-33-18-6-4-5-17(11-18)32-2/h4-8,10-11,13H,3,9,12,14-15H2,1-2H3,(H,26,31). The van der Waals surface area contributed by atoms with Gasteiger partial charge in [0.2, 0.25) is 5.89 Å². The van der Waals surface area contributed by atoms with E-state index in [1.54, 1.807) is 49.6 Å². The topological polar surface area (TPSA) is 120 Å². The molecule has 182 valence electrons. The lowest BCUT2D eigenvalue weighted by atomic mass is 10.1. The Morgan fingerprint density at radius 1 is 1.17 bits per heavy atom. The molecule has 0 unspecified atom stereocenters. The Balaban J connectivity index is 1.48. The molecule has 0 aliphatic carbocycles. The smallest absolute Gasteiger partial charge is 0.273 e. The molecule has 3 aromatic rings. The number of oxazole rings is 1. The number of amides is 2. The van der Waals surface area contributed by atoms with E-state index in [-0.39, 0.29) is 48.9 Å². The minimum absolute atomic E-state index is 0.0196. The number of fused-ring (bicyclic) bond motifs is 1. The minimum Gasteiger partial charge on any atom is -0.497 e. The summed E-state index contributed by atoms with van der Waals surface area (Å²) in [6.07, 6.45) is 2.04. The normalized spacial score (nSPS) is 12.5. The van der Waals surface area contributed by atoms with Gasteiger partial charge in [-0.15, -0.1) is 0 Å². The number of nitrogens with one attached hydrogen (secondary N) is 1. The number of ketones is 1. The van der Waals surface area contributed by atoms with E-state index in [0.29, 0.717) is 35.0 Å². The zero-order chi connectivity index (χ0) is 24.8. The maximum absolute atomic E-state index is 12.8. The number of Topliss-reactive ketones (excluding diaryl/α,β-unsaturated/α-hetero) is 1. The number of hydrogen-bond acceptors (Lipinski definition) is 8. The molecule has 2 aromatic carbocycles. The summed E-state index contributed by atoms with van der Waals surface area (Å²) in [5.41, 5.74) is 0.888. The molecular weight excluding hydrogens is 454 g/mol. The van der Waals surface area contributed by atoms with E-state index < -0.39 is 0 Å². The molecule has 2 heterocycles. The Hall–Kier alpha value is -4.34. The number of methoxy groups -OCH3 is 1. The van der Waals surface area contributed by atoms with Crippen molar-refractivity contribution in [1.29, 1.82) is 0 Å². The largest absolute Gasteiger partial charge is 0.497 e. The fraction of sp³-hybridized carbons (Fsp3) is 0.280. The number of hydrogen-bond donors (Lipinski definition) is 1. The lowest BCUT2D eigenvalue weighted by molar-refractivity contribution is -0.121. The summed E-state index contributed by atoms with van der Waals surface area (Å²) in [6, 6.07) is 11.8. The first-order valence-corrected chi connectivity index (χ1v) is 11.1. The van der Waals surface area contributed by atoms with E-state index in [2.05, 4.69) is 10.3 Å². The van der Waals surface area contributed by atoms with E-state index in [0.717, 1.165) is 6.42 Å². The highest BCUT2D eigenvalue weighted by molar-refractivity contribution is 6.02. The van der Waals surface area contributed by atoms with E-state index in [1.807, 2.05) is 6.92 Å². The second-order valence-electron chi connectivity index (χ2n) is 7.72. The van der Waals surface area contributed by atoms with Crippen molar-refractivity contribution >= 4 is 23.3 Å². The first-order chi connectivity index (χ1) is 17.0. The van der Waals surface area contributed by atoms with E-state index >= 15 is 0 Å². The average molecular weight is 479 g/mol. The highest BCUT2D eigenvalue weighted by atomic mass is 16.5. The molecule has 35 heavy (non-hydrogen) atoms. The first-order valence-electron chi connectivity index (χ1n) is 11.1. The number of anilines is 1. The third-order valence-electron chi connectivity index (χ3n) is 5.25.